The molecule has 1 atom stereocenters. The minimum Gasteiger partial charge on any atom is -0.488 e. The van der Waals surface area contributed by atoms with Crippen molar-refractivity contribution in [3.8, 4) is 5.75 Å². The van der Waals surface area contributed by atoms with Crippen LogP contribution < -0.4 is 14.8 Å². The second kappa shape index (κ2) is 6.20. The van der Waals surface area contributed by atoms with Crippen molar-refractivity contribution in [1.82, 2.24) is 10.0 Å². The average Bonchev–Trinajstić information content (AvgIpc) is 3.12. The van der Waals surface area contributed by atoms with Crippen molar-refractivity contribution in [3.05, 3.63) is 47.7 Å². The van der Waals surface area contributed by atoms with Crippen LogP contribution in [0.1, 0.15) is 29.0 Å². The molecule has 0 bridgehead atoms. The third-order valence-electron chi connectivity index (χ3n) is 4.17. The lowest BCUT2D eigenvalue weighted by Gasteiger charge is -2.11. The van der Waals surface area contributed by atoms with Gasteiger partial charge >= 0.3 is 0 Å². The monoisotopic (exact) mass is 362 g/mol. The van der Waals surface area contributed by atoms with Crippen molar-refractivity contribution in [2.45, 2.75) is 36.5 Å². The highest BCUT2D eigenvalue weighted by molar-refractivity contribution is 7.89. The largest absolute Gasteiger partial charge is 0.488 e. The molecule has 1 aliphatic carbocycles. The molecule has 2 heterocycles. The Morgan fingerprint density at radius 1 is 1.16 bits per heavy atom. The van der Waals surface area contributed by atoms with Gasteiger partial charge in [0.05, 0.1) is 6.54 Å². The average molecular weight is 362 g/mol. The molecule has 132 valence electrons. The van der Waals surface area contributed by atoms with Crippen LogP contribution in [0.3, 0.4) is 0 Å². The van der Waals surface area contributed by atoms with Gasteiger partial charge in [-0.2, -0.15) is 0 Å². The van der Waals surface area contributed by atoms with Gasteiger partial charge in [-0.25, -0.2) is 13.1 Å². The number of sulfonamides is 1. The van der Waals surface area contributed by atoms with Crippen LogP contribution in [0.25, 0.3) is 0 Å². The molecule has 0 unspecified atom stereocenters. The Hall–Kier alpha value is -2.32. The van der Waals surface area contributed by atoms with Gasteiger partial charge in [-0.1, -0.05) is 18.2 Å². The smallest absolute Gasteiger partial charge is 0.287 e. The van der Waals surface area contributed by atoms with E-state index >= 15 is 0 Å². The molecule has 1 aromatic carbocycles. The highest BCUT2D eigenvalue weighted by Crippen LogP contribution is 2.28. The van der Waals surface area contributed by atoms with Crippen molar-refractivity contribution in [1.29, 1.82) is 0 Å². The lowest BCUT2D eigenvalue weighted by atomic mass is 10.1. The van der Waals surface area contributed by atoms with Crippen LogP contribution in [0.5, 0.6) is 5.75 Å². The maximum absolute atomic E-state index is 12.2. The number of hydrogen-bond acceptors (Lipinski definition) is 5. The lowest BCUT2D eigenvalue weighted by molar-refractivity contribution is 0.0900. The van der Waals surface area contributed by atoms with E-state index in [4.69, 9.17) is 9.15 Å². The zero-order valence-corrected chi connectivity index (χ0v) is 14.2. The minimum atomic E-state index is -3.70. The lowest BCUT2D eigenvalue weighted by Crippen LogP contribution is -2.34. The summed E-state index contributed by atoms with van der Waals surface area (Å²) in [4.78, 5) is 12.2. The SMILES string of the molecule is O=C(NC[C@H]1Cc2ccccc2O1)c1ccc(S(=O)(=O)NC2CC2)o1. The van der Waals surface area contributed by atoms with E-state index in [1.54, 1.807) is 0 Å². The standard InChI is InChI=1S/C17H18N2O5S/c20-17(18-10-13-9-11-3-1-2-4-14(11)23-13)15-7-8-16(24-15)25(21,22)19-12-5-6-12/h1-4,7-8,12-13,19H,5-6,9-10H2,(H,18,20)/t13-/m1/s1. The third kappa shape index (κ3) is 3.54. The van der Waals surface area contributed by atoms with E-state index in [0.717, 1.165) is 30.6 Å². The molecule has 1 aliphatic heterocycles. The summed E-state index contributed by atoms with van der Waals surface area (Å²) in [7, 11) is -3.70. The molecule has 1 saturated carbocycles. The van der Waals surface area contributed by atoms with Crippen molar-refractivity contribution >= 4 is 15.9 Å². The Kier molecular flexibility index (Phi) is 4.01. The zero-order valence-electron chi connectivity index (χ0n) is 13.4. The van der Waals surface area contributed by atoms with Crippen molar-refractivity contribution in [3.63, 3.8) is 0 Å². The Bertz CT molecular complexity index is 876. The number of amides is 1. The number of fused-ring (bicyclic) bond motifs is 1. The van der Waals surface area contributed by atoms with Gasteiger partial charge in [-0.3, -0.25) is 4.79 Å². The molecule has 4 rings (SSSR count). The number of nitrogens with one attached hydrogen (secondary N) is 2. The van der Waals surface area contributed by atoms with Crippen LogP contribution in [0.15, 0.2) is 45.9 Å². The van der Waals surface area contributed by atoms with Crippen LogP contribution in [0.4, 0.5) is 0 Å². The number of para-hydroxylation sites is 1. The number of carbonyl (C=O) groups is 1. The van der Waals surface area contributed by atoms with Crippen LogP contribution in [-0.4, -0.2) is 33.0 Å². The molecule has 7 nitrogen and oxygen atoms in total. The normalized spacial score (nSPS) is 19.3. The fourth-order valence-corrected chi connectivity index (χ4v) is 3.96. The van der Waals surface area contributed by atoms with E-state index in [2.05, 4.69) is 10.0 Å². The van der Waals surface area contributed by atoms with E-state index in [-0.39, 0.29) is 23.0 Å². The predicted molar refractivity (Wildman–Crippen MR) is 88.9 cm³/mol. The van der Waals surface area contributed by atoms with Gasteiger partial charge < -0.3 is 14.5 Å². The summed E-state index contributed by atoms with van der Waals surface area (Å²) in [6.45, 7) is 0.316. The summed E-state index contributed by atoms with van der Waals surface area (Å²) in [6.07, 6.45) is 2.24. The Morgan fingerprint density at radius 3 is 2.72 bits per heavy atom. The van der Waals surface area contributed by atoms with Gasteiger partial charge in [0.15, 0.2) is 5.76 Å². The first kappa shape index (κ1) is 16.2. The summed E-state index contributed by atoms with van der Waals surface area (Å²) in [5.74, 6) is 0.332. The Balaban J connectivity index is 1.34. The highest BCUT2D eigenvalue weighted by atomic mass is 32.2. The van der Waals surface area contributed by atoms with Gasteiger partial charge in [0.1, 0.15) is 11.9 Å². The second-order valence-electron chi connectivity index (χ2n) is 6.28. The number of rotatable bonds is 6. The van der Waals surface area contributed by atoms with Gasteiger partial charge in [0.2, 0.25) is 5.09 Å². The quantitative estimate of drug-likeness (QED) is 0.811. The summed E-state index contributed by atoms with van der Waals surface area (Å²) in [5.41, 5.74) is 1.11. The fourth-order valence-electron chi connectivity index (χ4n) is 2.73. The number of carbonyl (C=O) groups excluding carboxylic acids is 1. The molecule has 2 aromatic rings. The molecule has 2 N–H and O–H groups in total. The van der Waals surface area contributed by atoms with E-state index in [9.17, 15) is 13.2 Å². The molecule has 1 aromatic heterocycles. The van der Waals surface area contributed by atoms with Crippen LogP contribution in [0, 0.1) is 0 Å². The van der Waals surface area contributed by atoms with Gasteiger partial charge in [-0.05, 0) is 36.6 Å². The van der Waals surface area contributed by atoms with Gasteiger partial charge in [0, 0.05) is 12.5 Å². The maximum Gasteiger partial charge on any atom is 0.287 e. The summed E-state index contributed by atoms with van der Waals surface area (Å²) in [6, 6.07) is 10.4. The molecule has 0 radical (unpaired) electrons. The molecular formula is C17H18N2O5S. The van der Waals surface area contributed by atoms with Crippen molar-refractivity contribution in [2.75, 3.05) is 6.54 Å². The van der Waals surface area contributed by atoms with Gasteiger partial charge in [0.25, 0.3) is 15.9 Å². The van der Waals surface area contributed by atoms with Crippen LogP contribution in [-0.2, 0) is 16.4 Å². The maximum atomic E-state index is 12.2. The summed E-state index contributed by atoms with van der Waals surface area (Å²) < 4.78 is 37.6. The van der Waals surface area contributed by atoms with Gasteiger partial charge in [-0.15, -0.1) is 0 Å². The first-order valence-corrected chi connectivity index (χ1v) is 9.64. The topological polar surface area (TPSA) is 97.6 Å². The summed E-state index contributed by atoms with van der Waals surface area (Å²) in [5, 5.41) is 2.48. The highest BCUT2D eigenvalue weighted by Gasteiger charge is 2.30. The number of hydrogen-bond donors (Lipinski definition) is 2. The van der Waals surface area contributed by atoms with E-state index in [1.807, 2.05) is 24.3 Å². The second-order valence-corrected chi connectivity index (χ2v) is 7.92. The summed E-state index contributed by atoms with van der Waals surface area (Å²) >= 11 is 0. The predicted octanol–water partition coefficient (Wildman–Crippen LogP) is 1.45. The van der Waals surface area contributed by atoms with Crippen LogP contribution in [0.2, 0.25) is 0 Å². The Morgan fingerprint density at radius 2 is 1.96 bits per heavy atom. The molecule has 1 fully saturated rings. The molecule has 0 spiro atoms. The molecular weight excluding hydrogens is 344 g/mol. The number of benzene rings is 1. The minimum absolute atomic E-state index is 0.0199. The molecule has 0 saturated heterocycles. The number of furan rings is 1. The fraction of sp³-hybridized carbons (Fsp3) is 0.353. The van der Waals surface area contributed by atoms with E-state index < -0.39 is 15.9 Å². The third-order valence-corrected chi connectivity index (χ3v) is 5.57. The first-order valence-electron chi connectivity index (χ1n) is 8.16. The van der Waals surface area contributed by atoms with Crippen molar-refractivity contribution in [2.24, 2.45) is 0 Å². The molecule has 8 heteroatoms. The van der Waals surface area contributed by atoms with Crippen molar-refractivity contribution < 1.29 is 22.4 Å². The Labute approximate surface area is 145 Å². The molecule has 25 heavy (non-hydrogen) atoms. The van der Waals surface area contributed by atoms with Crippen LogP contribution >= 0.6 is 0 Å². The zero-order chi connectivity index (χ0) is 17.4. The number of ether oxygens (including phenoxy) is 1. The molecule has 2 aliphatic rings. The first-order chi connectivity index (χ1) is 12.0. The van der Waals surface area contributed by atoms with E-state index in [0.29, 0.717) is 6.54 Å². The molecule has 1 amide bonds. The van der Waals surface area contributed by atoms with E-state index in [1.165, 1.54) is 12.1 Å².